The van der Waals surface area contributed by atoms with Gasteiger partial charge in [-0.05, 0) is 36.8 Å². The standard InChI is InChI=1S/C16H17N3/c1-12-4-2-6-14(19-12)11-17-10-13-5-3-7-16-15(13)8-9-18-16/h2-9,17-18H,10-11H2,1H3. The minimum Gasteiger partial charge on any atom is -0.361 e. The second-order valence-electron chi connectivity index (χ2n) is 4.73. The summed E-state index contributed by atoms with van der Waals surface area (Å²) in [7, 11) is 0. The Hall–Kier alpha value is -2.13. The van der Waals surface area contributed by atoms with Gasteiger partial charge in [0.2, 0.25) is 0 Å². The first-order valence-electron chi connectivity index (χ1n) is 6.51. The van der Waals surface area contributed by atoms with E-state index in [4.69, 9.17) is 0 Å². The van der Waals surface area contributed by atoms with Gasteiger partial charge in [-0.1, -0.05) is 18.2 Å². The first-order valence-corrected chi connectivity index (χ1v) is 6.51. The lowest BCUT2D eigenvalue weighted by Crippen LogP contribution is -2.14. The number of pyridine rings is 1. The molecule has 0 aliphatic carbocycles. The monoisotopic (exact) mass is 251 g/mol. The number of aromatic nitrogens is 2. The lowest BCUT2D eigenvalue weighted by molar-refractivity contribution is 0.681. The Morgan fingerprint density at radius 3 is 2.84 bits per heavy atom. The van der Waals surface area contributed by atoms with E-state index in [1.54, 1.807) is 0 Å². The normalized spacial score (nSPS) is 11.0. The molecule has 0 bridgehead atoms. The Bertz CT molecular complexity index is 685. The zero-order valence-corrected chi connectivity index (χ0v) is 11.0. The summed E-state index contributed by atoms with van der Waals surface area (Å²) in [5, 5.41) is 4.74. The highest BCUT2D eigenvalue weighted by Crippen LogP contribution is 2.17. The van der Waals surface area contributed by atoms with Crippen LogP contribution in [0.25, 0.3) is 10.9 Å². The van der Waals surface area contributed by atoms with Crippen molar-refractivity contribution in [2.45, 2.75) is 20.0 Å². The smallest absolute Gasteiger partial charge is 0.0544 e. The Morgan fingerprint density at radius 2 is 1.95 bits per heavy atom. The molecule has 19 heavy (non-hydrogen) atoms. The topological polar surface area (TPSA) is 40.7 Å². The number of nitrogens with one attached hydrogen (secondary N) is 2. The Kier molecular flexibility index (Phi) is 3.29. The number of hydrogen-bond donors (Lipinski definition) is 2. The van der Waals surface area contributed by atoms with E-state index in [0.717, 1.165) is 24.5 Å². The molecule has 0 aliphatic heterocycles. The van der Waals surface area contributed by atoms with E-state index in [-0.39, 0.29) is 0 Å². The van der Waals surface area contributed by atoms with Crippen LogP contribution < -0.4 is 5.32 Å². The molecular weight excluding hydrogens is 234 g/mol. The van der Waals surface area contributed by atoms with Crippen molar-refractivity contribution in [2.75, 3.05) is 0 Å². The summed E-state index contributed by atoms with van der Waals surface area (Å²) < 4.78 is 0. The average molecular weight is 251 g/mol. The van der Waals surface area contributed by atoms with Crippen LogP contribution in [0.1, 0.15) is 17.0 Å². The predicted molar refractivity (Wildman–Crippen MR) is 77.8 cm³/mol. The maximum absolute atomic E-state index is 4.49. The van der Waals surface area contributed by atoms with Crippen LogP contribution in [-0.4, -0.2) is 9.97 Å². The fourth-order valence-corrected chi connectivity index (χ4v) is 2.33. The molecule has 1 aromatic carbocycles. The van der Waals surface area contributed by atoms with Crippen molar-refractivity contribution in [1.82, 2.24) is 15.3 Å². The van der Waals surface area contributed by atoms with E-state index in [2.05, 4.69) is 45.6 Å². The summed E-state index contributed by atoms with van der Waals surface area (Å²) in [4.78, 5) is 7.72. The van der Waals surface area contributed by atoms with E-state index in [1.807, 2.05) is 25.3 Å². The van der Waals surface area contributed by atoms with E-state index < -0.39 is 0 Å². The van der Waals surface area contributed by atoms with Crippen LogP contribution in [0.2, 0.25) is 0 Å². The number of nitrogens with zero attached hydrogens (tertiary/aromatic N) is 1. The summed E-state index contributed by atoms with van der Waals surface area (Å²) in [6.07, 6.45) is 1.98. The summed E-state index contributed by atoms with van der Waals surface area (Å²) in [6, 6.07) is 14.6. The van der Waals surface area contributed by atoms with E-state index >= 15 is 0 Å². The Balaban J connectivity index is 1.68. The molecule has 0 unspecified atom stereocenters. The third kappa shape index (κ3) is 2.66. The number of aromatic amines is 1. The molecule has 0 fully saturated rings. The Labute approximate surface area is 112 Å². The third-order valence-corrected chi connectivity index (χ3v) is 3.25. The van der Waals surface area contributed by atoms with Crippen LogP contribution in [0.3, 0.4) is 0 Å². The molecule has 0 atom stereocenters. The molecule has 96 valence electrons. The van der Waals surface area contributed by atoms with E-state index in [9.17, 15) is 0 Å². The molecule has 2 heterocycles. The molecule has 2 N–H and O–H groups in total. The first-order chi connectivity index (χ1) is 9.33. The second-order valence-corrected chi connectivity index (χ2v) is 4.73. The van der Waals surface area contributed by atoms with Crippen molar-refractivity contribution in [1.29, 1.82) is 0 Å². The molecule has 0 spiro atoms. The van der Waals surface area contributed by atoms with Gasteiger partial charge in [0.1, 0.15) is 0 Å². The van der Waals surface area contributed by atoms with Crippen molar-refractivity contribution < 1.29 is 0 Å². The average Bonchev–Trinajstić information content (AvgIpc) is 2.88. The molecule has 0 aliphatic rings. The summed E-state index contributed by atoms with van der Waals surface area (Å²) in [6.45, 7) is 3.66. The molecular formula is C16H17N3. The summed E-state index contributed by atoms with van der Waals surface area (Å²) in [5.41, 5.74) is 4.65. The molecule has 3 rings (SSSR count). The van der Waals surface area contributed by atoms with Crippen LogP contribution in [0.5, 0.6) is 0 Å². The van der Waals surface area contributed by atoms with Crippen LogP contribution in [0.4, 0.5) is 0 Å². The Morgan fingerprint density at radius 1 is 1.05 bits per heavy atom. The van der Waals surface area contributed by atoms with Crippen molar-refractivity contribution in [3.63, 3.8) is 0 Å². The summed E-state index contributed by atoms with van der Waals surface area (Å²) in [5.74, 6) is 0. The largest absolute Gasteiger partial charge is 0.361 e. The number of aryl methyl sites for hydroxylation is 1. The fourth-order valence-electron chi connectivity index (χ4n) is 2.33. The van der Waals surface area contributed by atoms with Gasteiger partial charge in [-0.2, -0.15) is 0 Å². The predicted octanol–water partition coefficient (Wildman–Crippen LogP) is 3.16. The molecule has 0 saturated carbocycles. The minimum atomic E-state index is 0.794. The van der Waals surface area contributed by atoms with Crippen molar-refractivity contribution in [3.8, 4) is 0 Å². The van der Waals surface area contributed by atoms with Crippen molar-refractivity contribution >= 4 is 10.9 Å². The van der Waals surface area contributed by atoms with Gasteiger partial charge in [0.15, 0.2) is 0 Å². The van der Waals surface area contributed by atoms with Crippen LogP contribution in [0, 0.1) is 6.92 Å². The quantitative estimate of drug-likeness (QED) is 0.747. The molecule has 3 heteroatoms. The van der Waals surface area contributed by atoms with Gasteiger partial charge in [-0.3, -0.25) is 4.98 Å². The van der Waals surface area contributed by atoms with Crippen LogP contribution >= 0.6 is 0 Å². The van der Waals surface area contributed by atoms with Gasteiger partial charge in [-0.25, -0.2) is 0 Å². The van der Waals surface area contributed by atoms with Gasteiger partial charge in [0.25, 0.3) is 0 Å². The fraction of sp³-hybridized carbons (Fsp3) is 0.188. The van der Waals surface area contributed by atoms with Crippen LogP contribution in [-0.2, 0) is 13.1 Å². The molecule has 3 nitrogen and oxygen atoms in total. The number of rotatable bonds is 4. The lowest BCUT2D eigenvalue weighted by Gasteiger charge is -2.06. The first kappa shape index (κ1) is 11.9. The van der Waals surface area contributed by atoms with E-state index in [0.29, 0.717) is 0 Å². The summed E-state index contributed by atoms with van der Waals surface area (Å²) >= 11 is 0. The van der Waals surface area contributed by atoms with Gasteiger partial charge in [0.05, 0.1) is 5.69 Å². The minimum absolute atomic E-state index is 0.794. The maximum Gasteiger partial charge on any atom is 0.0544 e. The molecule has 0 saturated heterocycles. The molecule has 0 radical (unpaired) electrons. The molecule has 3 aromatic rings. The molecule has 0 amide bonds. The second kappa shape index (κ2) is 5.24. The SMILES string of the molecule is Cc1cccc(CNCc2cccc3[nH]ccc23)n1. The number of H-pyrrole nitrogens is 1. The van der Waals surface area contributed by atoms with Gasteiger partial charge >= 0.3 is 0 Å². The number of hydrogen-bond acceptors (Lipinski definition) is 2. The highest BCUT2D eigenvalue weighted by molar-refractivity contribution is 5.82. The highest BCUT2D eigenvalue weighted by atomic mass is 14.9. The van der Waals surface area contributed by atoms with Gasteiger partial charge < -0.3 is 10.3 Å². The number of benzene rings is 1. The van der Waals surface area contributed by atoms with E-state index in [1.165, 1.54) is 16.5 Å². The molecule has 2 aromatic heterocycles. The number of fused-ring (bicyclic) bond motifs is 1. The third-order valence-electron chi connectivity index (χ3n) is 3.25. The zero-order valence-electron chi connectivity index (χ0n) is 11.0. The van der Waals surface area contributed by atoms with Crippen molar-refractivity contribution in [3.05, 3.63) is 65.6 Å². The van der Waals surface area contributed by atoms with Gasteiger partial charge in [-0.15, -0.1) is 0 Å². The lowest BCUT2D eigenvalue weighted by atomic mass is 10.1. The highest BCUT2D eigenvalue weighted by Gasteiger charge is 2.01. The van der Waals surface area contributed by atoms with Crippen LogP contribution in [0.15, 0.2) is 48.7 Å². The zero-order chi connectivity index (χ0) is 13.1. The van der Waals surface area contributed by atoms with Gasteiger partial charge in [0, 0.05) is 35.9 Å². The maximum atomic E-state index is 4.49. The van der Waals surface area contributed by atoms with Crippen molar-refractivity contribution in [2.24, 2.45) is 0 Å².